The summed E-state index contributed by atoms with van der Waals surface area (Å²) in [4.78, 5) is 87.4. The minimum Gasteiger partial charge on any atom is -0.477 e. The molecule has 8 N–H and O–H groups in total. The van der Waals surface area contributed by atoms with Gasteiger partial charge in [0.15, 0.2) is 0 Å². The van der Waals surface area contributed by atoms with Gasteiger partial charge in [-0.05, 0) is 43.7 Å². The van der Waals surface area contributed by atoms with Gasteiger partial charge >= 0.3 is 28.5 Å². The number of carboxylic acids is 1. The number of thiophene rings is 1. The molecule has 1 aromatic rings. The first-order valence-electron chi connectivity index (χ1n) is 16.3. The molecule has 22 nitrogen and oxygen atoms in total. The molecule has 4 saturated heterocycles. The molecule has 1 aromatic heterocycles. The van der Waals surface area contributed by atoms with E-state index < -0.39 is 69.4 Å². The van der Waals surface area contributed by atoms with E-state index in [0.717, 1.165) is 34.1 Å². The van der Waals surface area contributed by atoms with Gasteiger partial charge in [-0.15, -0.1) is 27.4 Å². The summed E-state index contributed by atoms with van der Waals surface area (Å²) in [7, 11) is -3.56. The summed E-state index contributed by atoms with van der Waals surface area (Å²) in [6.07, 6.45) is 1.22. The lowest BCUT2D eigenvalue weighted by atomic mass is 9.98. The topological polar surface area (TPSA) is 306 Å². The summed E-state index contributed by atoms with van der Waals surface area (Å²) in [5, 5.41) is 16.9. The number of methoxy groups -OCH3 is 1. The number of carboxylic acid groups (broad SMARTS) is 1. The van der Waals surface area contributed by atoms with Gasteiger partial charge in [0.05, 0.1) is 18.4 Å². The number of fused-ring (bicyclic) bond motifs is 3. The normalized spacial score (nSPS) is 26.1. The van der Waals surface area contributed by atoms with E-state index >= 15 is 0 Å². The molecule has 6 heterocycles. The molecule has 7 amide bonds. The molecule has 0 spiro atoms. The zero-order chi connectivity index (χ0) is 39.4. The minimum absolute atomic E-state index is 0.0762. The van der Waals surface area contributed by atoms with Crippen LogP contribution in [0.2, 0.25) is 0 Å². The number of carbonyl (C=O) groups excluding carboxylic acids is 6. The monoisotopic (exact) mass is 818 g/mol. The van der Waals surface area contributed by atoms with E-state index in [1.165, 1.54) is 30.2 Å². The van der Waals surface area contributed by atoms with Crippen molar-refractivity contribution in [3.8, 4) is 0 Å². The number of carbonyl (C=O) groups is 7. The van der Waals surface area contributed by atoms with Crippen LogP contribution >= 0.6 is 23.1 Å². The number of hydrogen-bond donors (Lipinski definition) is 7. The van der Waals surface area contributed by atoms with E-state index in [-0.39, 0.29) is 54.8 Å². The van der Waals surface area contributed by atoms with Crippen molar-refractivity contribution in [1.29, 1.82) is 0 Å². The number of thioether (sulfide) groups is 1. The van der Waals surface area contributed by atoms with E-state index in [0.29, 0.717) is 18.0 Å². The summed E-state index contributed by atoms with van der Waals surface area (Å²) in [5.74, 6) is -3.41. The SMILES string of the molecule is CO[C@@]1(NC(=O)Cc2cccs2)C(=O)N2C(C(=O)O)=C(COC(N)=O)CS[C@@H]21.O=C(NNC(=O)[C@@H]1CCCNC1)C1CCC2CN1C(=O)N2OS(=O)(=O)O. The fraction of sp³-hybridized carbons (Fsp3) is 0.552. The van der Waals surface area contributed by atoms with E-state index in [1.807, 2.05) is 11.4 Å². The van der Waals surface area contributed by atoms with Gasteiger partial charge in [0, 0.05) is 36.4 Å². The number of β-lactam (4-membered cyclic amide) rings is 1. The number of rotatable bonds is 11. The van der Waals surface area contributed by atoms with Gasteiger partial charge in [-0.25, -0.2) is 14.4 Å². The second kappa shape index (κ2) is 16.9. The fourth-order valence-corrected chi connectivity index (χ4v) is 9.04. The average Bonchev–Trinajstić information content (AvgIpc) is 3.73. The smallest absolute Gasteiger partial charge is 0.418 e. The summed E-state index contributed by atoms with van der Waals surface area (Å²) in [6.45, 7) is 1.15. The Morgan fingerprint density at radius 1 is 1.13 bits per heavy atom. The number of primary amides is 1. The predicted octanol–water partition coefficient (Wildman–Crippen LogP) is -1.76. The van der Waals surface area contributed by atoms with Crippen molar-refractivity contribution in [2.24, 2.45) is 11.7 Å². The molecule has 5 atom stereocenters. The van der Waals surface area contributed by atoms with Crippen LogP contribution in [0.15, 0.2) is 28.8 Å². The molecule has 4 fully saturated rings. The third-order valence-electron chi connectivity index (χ3n) is 9.04. The summed E-state index contributed by atoms with van der Waals surface area (Å²) in [5.41, 5.74) is 7.91. The van der Waals surface area contributed by atoms with Crippen LogP contribution in [0.1, 0.15) is 30.6 Å². The predicted molar refractivity (Wildman–Crippen MR) is 184 cm³/mol. The van der Waals surface area contributed by atoms with E-state index in [2.05, 4.69) is 30.5 Å². The average molecular weight is 819 g/mol. The van der Waals surface area contributed by atoms with Crippen molar-refractivity contribution >= 4 is 75.2 Å². The summed E-state index contributed by atoms with van der Waals surface area (Å²) < 4.78 is 44.8. The van der Waals surface area contributed by atoms with Crippen LogP contribution < -0.4 is 27.2 Å². The molecular formula is C29H38N8O14S3. The minimum atomic E-state index is -4.84. The molecule has 0 radical (unpaired) electrons. The van der Waals surface area contributed by atoms with Crippen molar-refractivity contribution < 1.29 is 65.4 Å². The zero-order valence-electron chi connectivity index (χ0n) is 28.5. The Hall–Kier alpha value is -4.53. The molecule has 5 aliphatic heterocycles. The van der Waals surface area contributed by atoms with Crippen molar-refractivity contribution in [2.45, 2.75) is 55.3 Å². The van der Waals surface area contributed by atoms with Gasteiger partial charge in [-0.3, -0.25) is 39.5 Å². The number of nitrogens with one attached hydrogen (secondary N) is 4. The van der Waals surface area contributed by atoms with E-state index in [1.54, 1.807) is 6.07 Å². The van der Waals surface area contributed by atoms with Gasteiger partial charge in [-0.1, -0.05) is 6.07 Å². The number of ether oxygens (including phenoxy) is 2. The Morgan fingerprint density at radius 2 is 1.87 bits per heavy atom. The molecular weight excluding hydrogens is 781 g/mol. The van der Waals surface area contributed by atoms with Gasteiger partial charge in [-0.2, -0.15) is 13.5 Å². The van der Waals surface area contributed by atoms with Gasteiger partial charge < -0.3 is 35.8 Å². The standard InChI is InChI=1S/C16H17N3O7S2.C13H21N5O7S/c1-25-16(18-10(20)5-9-3-2-4-27-9)13(23)19-11(12(21)22)8(6-26-15(17)24)7-28-14(16)19;19-11(8-2-1-5-14-6-8)15-16-12(20)10-4-3-9-7-17(10)13(21)18(9)25-26(22,23)24/h2-4,14H,5-7H2,1H3,(H2,17,24)(H,18,20)(H,21,22);8-10,14H,1-7H2,(H,15,19)(H,16,20)(H,22,23,24)/t14-,16+;8-,9?,10?/m11/s1. The molecule has 0 saturated carbocycles. The number of urea groups is 1. The lowest BCUT2D eigenvalue weighted by molar-refractivity contribution is -0.192. The lowest BCUT2D eigenvalue weighted by Gasteiger charge is -2.55. The molecule has 296 valence electrons. The largest absolute Gasteiger partial charge is 0.477 e. The Balaban J connectivity index is 0.000000208. The second-order valence-electron chi connectivity index (χ2n) is 12.5. The van der Waals surface area contributed by atoms with Crippen molar-refractivity contribution in [3.05, 3.63) is 33.7 Å². The Kier molecular flexibility index (Phi) is 12.7. The first-order valence-corrected chi connectivity index (χ1v) is 19.6. The highest BCUT2D eigenvalue weighted by Gasteiger charge is 2.66. The first-order chi connectivity index (χ1) is 25.6. The number of nitrogens with two attached hydrogens (primary N) is 1. The molecule has 2 bridgehead atoms. The van der Waals surface area contributed by atoms with Gasteiger partial charge in [0.25, 0.3) is 17.5 Å². The van der Waals surface area contributed by atoms with Crippen LogP contribution in [-0.4, -0.2) is 137 Å². The highest BCUT2D eigenvalue weighted by molar-refractivity contribution is 8.00. The van der Waals surface area contributed by atoms with Crippen LogP contribution in [0, 0.1) is 5.92 Å². The molecule has 0 aromatic carbocycles. The third-order valence-corrected chi connectivity index (χ3v) is 11.6. The van der Waals surface area contributed by atoms with Crippen LogP contribution in [-0.2, 0) is 54.6 Å². The molecule has 6 rings (SSSR count). The van der Waals surface area contributed by atoms with E-state index in [9.17, 15) is 47.1 Å². The lowest BCUT2D eigenvalue weighted by Crippen LogP contribution is -2.80. The number of piperidine rings is 2. The molecule has 2 unspecified atom stereocenters. The maximum absolute atomic E-state index is 12.8. The number of amides is 7. The molecule has 54 heavy (non-hydrogen) atoms. The molecule has 5 aliphatic rings. The fourth-order valence-electron chi connectivity index (χ4n) is 6.52. The summed E-state index contributed by atoms with van der Waals surface area (Å²) in [6, 6.07) is 1.35. The van der Waals surface area contributed by atoms with Gasteiger partial charge in [0.2, 0.25) is 11.8 Å². The molecule has 25 heteroatoms. The van der Waals surface area contributed by atoms with Crippen LogP contribution in [0.5, 0.6) is 0 Å². The summed E-state index contributed by atoms with van der Waals surface area (Å²) >= 11 is 2.60. The quantitative estimate of drug-likeness (QED) is 0.0563. The van der Waals surface area contributed by atoms with Crippen molar-refractivity contribution in [1.82, 2.24) is 36.3 Å². The first kappa shape index (κ1) is 40.7. The Labute approximate surface area is 315 Å². The Morgan fingerprint density at radius 3 is 2.48 bits per heavy atom. The van der Waals surface area contributed by atoms with Crippen LogP contribution in [0.3, 0.4) is 0 Å². The number of hydrogen-bond acceptors (Lipinski definition) is 15. The number of hydroxylamine groups is 2. The zero-order valence-corrected chi connectivity index (χ0v) is 31.0. The highest BCUT2D eigenvalue weighted by Crippen LogP contribution is 2.46. The van der Waals surface area contributed by atoms with Crippen molar-refractivity contribution in [3.63, 3.8) is 0 Å². The van der Waals surface area contributed by atoms with Crippen LogP contribution in [0.4, 0.5) is 9.59 Å². The maximum Gasteiger partial charge on any atom is 0.418 e. The number of hydrazine groups is 1. The Bertz CT molecular complexity index is 1810. The molecule has 0 aliphatic carbocycles. The maximum atomic E-state index is 12.8. The van der Waals surface area contributed by atoms with Gasteiger partial charge in [0.1, 0.15) is 23.7 Å². The second-order valence-corrected chi connectivity index (χ2v) is 15.6. The third kappa shape index (κ3) is 8.88. The van der Waals surface area contributed by atoms with Crippen molar-refractivity contribution in [2.75, 3.05) is 39.1 Å². The van der Waals surface area contributed by atoms with E-state index in [4.69, 9.17) is 15.0 Å². The number of nitrogens with zero attached hydrogens (tertiary/aromatic N) is 3. The van der Waals surface area contributed by atoms with Crippen LogP contribution in [0.25, 0.3) is 0 Å². The number of aliphatic carboxylic acids is 1. The highest BCUT2D eigenvalue weighted by atomic mass is 32.3.